The molecule has 0 radical (unpaired) electrons. The van der Waals surface area contributed by atoms with Gasteiger partial charge < -0.3 is 24.3 Å². The first-order valence-electron chi connectivity index (χ1n) is 8.50. The molecule has 1 aliphatic rings. The van der Waals surface area contributed by atoms with Crippen LogP contribution in [0.4, 0.5) is 4.39 Å². The van der Waals surface area contributed by atoms with Crippen LogP contribution in [-0.4, -0.2) is 50.5 Å². The van der Waals surface area contributed by atoms with Gasteiger partial charge in [0.05, 0.1) is 26.9 Å². The number of benzene rings is 1. The first kappa shape index (κ1) is 18.9. The van der Waals surface area contributed by atoms with Gasteiger partial charge in [0.1, 0.15) is 23.2 Å². The van der Waals surface area contributed by atoms with Gasteiger partial charge in [-0.3, -0.25) is 4.79 Å². The van der Waals surface area contributed by atoms with Gasteiger partial charge >= 0.3 is 0 Å². The highest BCUT2D eigenvalue weighted by Gasteiger charge is 2.30. The Morgan fingerprint density at radius 2 is 2.11 bits per heavy atom. The van der Waals surface area contributed by atoms with E-state index in [9.17, 15) is 9.18 Å². The van der Waals surface area contributed by atoms with E-state index in [0.717, 1.165) is 0 Å². The average Bonchev–Trinajstić information content (AvgIpc) is 2.69. The third-order valence-corrected chi connectivity index (χ3v) is 4.19. The second-order valence-electron chi connectivity index (χ2n) is 5.97. The standard InChI is InChI=1S/C19H21FN2O5/c1-24-17-7-6-14(19(22-17)25-2)18(23)21-15-8-9-26-11-16(15)27-13-5-3-4-12(20)10-13/h3-7,10,15-16H,8-9,11H2,1-2H3,(H,21,23). The molecule has 2 unspecified atom stereocenters. The van der Waals surface area contributed by atoms with Gasteiger partial charge in [-0.2, -0.15) is 4.98 Å². The van der Waals surface area contributed by atoms with E-state index in [1.165, 1.54) is 26.4 Å². The summed E-state index contributed by atoms with van der Waals surface area (Å²) >= 11 is 0. The van der Waals surface area contributed by atoms with Crippen molar-refractivity contribution < 1.29 is 28.1 Å². The smallest absolute Gasteiger partial charge is 0.257 e. The normalized spacial score (nSPS) is 19.2. The van der Waals surface area contributed by atoms with E-state index < -0.39 is 6.10 Å². The molecule has 2 aromatic rings. The number of methoxy groups -OCH3 is 2. The largest absolute Gasteiger partial charge is 0.486 e. The Morgan fingerprint density at radius 3 is 2.85 bits per heavy atom. The number of aromatic nitrogens is 1. The molecule has 2 atom stereocenters. The number of carbonyl (C=O) groups excluding carboxylic acids is 1. The number of nitrogens with zero attached hydrogens (tertiary/aromatic N) is 1. The zero-order valence-electron chi connectivity index (χ0n) is 15.1. The summed E-state index contributed by atoms with van der Waals surface area (Å²) in [6, 6.07) is 8.73. The molecule has 0 aliphatic carbocycles. The van der Waals surface area contributed by atoms with Crippen molar-refractivity contribution in [3.05, 3.63) is 47.8 Å². The number of hydrogen-bond donors (Lipinski definition) is 1. The Bertz CT molecular complexity index is 801. The van der Waals surface area contributed by atoms with E-state index >= 15 is 0 Å². The third-order valence-electron chi connectivity index (χ3n) is 4.19. The molecule has 1 fully saturated rings. The van der Waals surface area contributed by atoms with E-state index in [2.05, 4.69) is 10.3 Å². The second-order valence-corrected chi connectivity index (χ2v) is 5.97. The fourth-order valence-corrected chi connectivity index (χ4v) is 2.82. The van der Waals surface area contributed by atoms with Crippen molar-refractivity contribution in [1.29, 1.82) is 0 Å². The molecule has 0 bridgehead atoms. The van der Waals surface area contributed by atoms with Gasteiger partial charge in [-0.1, -0.05) is 6.07 Å². The quantitative estimate of drug-likeness (QED) is 0.833. The van der Waals surface area contributed by atoms with Crippen molar-refractivity contribution in [2.45, 2.75) is 18.6 Å². The van der Waals surface area contributed by atoms with Crippen LogP contribution in [0.5, 0.6) is 17.5 Å². The zero-order chi connectivity index (χ0) is 19.2. The molecule has 3 rings (SSSR count). The predicted molar refractivity (Wildman–Crippen MR) is 94.8 cm³/mol. The molecule has 8 heteroatoms. The molecule has 0 saturated carbocycles. The molecule has 27 heavy (non-hydrogen) atoms. The van der Waals surface area contributed by atoms with Crippen LogP contribution >= 0.6 is 0 Å². The molecular weight excluding hydrogens is 355 g/mol. The number of amides is 1. The van der Waals surface area contributed by atoms with Gasteiger partial charge in [-0.25, -0.2) is 4.39 Å². The van der Waals surface area contributed by atoms with E-state index in [1.807, 2.05) is 0 Å². The Balaban J connectivity index is 1.73. The molecule has 1 aromatic heterocycles. The lowest BCUT2D eigenvalue weighted by atomic mass is 10.1. The van der Waals surface area contributed by atoms with E-state index in [4.69, 9.17) is 18.9 Å². The molecular formula is C19H21FN2O5. The number of halogens is 1. The molecule has 1 aliphatic heterocycles. The Labute approximate surface area is 156 Å². The summed E-state index contributed by atoms with van der Waals surface area (Å²) in [5.41, 5.74) is 0.286. The molecule has 1 N–H and O–H groups in total. The summed E-state index contributed by atoms with van der Waals surface area (Å²) in [6.07, 6.45) is 0.124. The minimum Gasteiger partial charge on any atom is -0.486 e. The molecule has 2 heterocycles. The van der Waals surface area contributed by atoms with Crippen molar-refractivity contribution in [3.8, 4) is 17.5 Å². The lowest BCUT2D eigenvalue weighted by molar-refractivity contribution is -0.0136. The van der Waals surface area contributed by atoms with Crippen molar-refractivity contribution >= 4 is 5.91 Å². The number of ether oxygens (including phenoxy) is 4. The van der Waals surface area contributed by atoms with E-state index in [1.54, 1.807) is 24.3 Å². The minimum absolute atomic E-state index is 0.168. The predicted octanol–water partition coefficient (Wildman–Crippen LogP) is 2.20. The Morgan fingerprint density at radius 1 is 1.26 bits per heavy atom. The highest BCUT2D eigenvalue weighted by molar-refractivity contribution is 5.96. The molecule has 144 valence electrons. The fourth-order valence-electron chi connectivity index (χ4n) is 2.82. The minimum atomic E-state index is -0.443. The highest BCUT2D eigenvalue weighted by atomic mass is 19.1. The number of rotatable bonds is 6. The van der Waals surface area contributed by atoms with Gasteiger partial charge in [0.2, 0.25) is 11.8 Å². The van der Waals surface area contributed by atoms with Crippen LogP contribution in [0.15, 0.2) is 36.4 Å². The van der Waals surface area contributed by atoms with Crippen LogP contribution < -0.4 is 19.5 Å². The van der Waals surface area contributed by atoms with E-state index in [-0.39, 0.29) is 29.2 Å². The number of carbonyl (C=O) groups is 1. The average molecular weight is 376 g/mol. The van der Waals surface area contributed by atoms with Crippen molar-refractivity contribution in [3.63, 3.8) is 0 Å². The fraction of sp³-hybridized carbons (Fsp3) is 0.368. The maximum Gasteiger partial charge on any atom is 0.257 e. The summed E-state index contributed by atoms with van der Waals surface area (Å²) in [4.78, 5) is 16.8. The van der Waals surface area contributed by atoms with Crippen LogP contribution in [0.2, 0.25) is 0 Å². The van der Waals surface area contributed by atoms with Gasteiger partial charge in [-0.05, 0) is 24.6 Å². The van der Waals surface area contributed by atoms with Crippen molar-refractivity contribution in [2.75, 3.05) is 27.4 Å². The monoisotopic (exact) mass is 376 g/mol. The topological polar surface area (TPSA) is 78.9 Å². The highest BCUT2D eigenvalue weighted by Crippen LogP contribution is 2.22. The summed E-state index contributed by atoms with van der Waals surface area (Å²) in [5.74, 6) is 0.164. The van der Waals surface area contributed by atoms with Crippen molar-refractivity contribution in [1.82, 2.24) is 10.3 Å². The zero-order valence-corrected chi connectivity index (χ0v) is 15.1. The first-order valence-corrected chi connectivity index (χ1v) is 8.50. The molecule has 1 aromatic carbocycles. The molecule has 7 nitrogen and oxygen atoms in total. The van der Waals surface area contributed by atoms with Gasteiger partial charge in [0.25, 0.3) is 5.91 Å². The SMILES string of the molecule is COc1ccc(C(=O)NC2CCOCC2Oc2cccc(F)c2)c(OC)n1. The van der Waals surface area contributed by atoms with Crippen LogP contribution in [0, 0.1) is 5.82 Å². The Kier molecular flexibility index (Phi) is 6.08. The van der Waals surface area contributed by atoms with Gasteiger partial charge in [0, 0.05) is 18.7 Å². The van der Waals surface area contributed by atoms with E-state index in [0.29, 0.717) is 31.3 Å². The molecule has 0 spiro atoms. The first-order chi connectivity index (χ1) is 13.1. The third kappa shape index (κ3) is 4.65. The molecule has 1 saturated heterocycles. The summed E-state index contributed by atoms with van der Waals surface area (Å²) < 4.78 is 34.9. The summed E-state index contributed by atoms with van der Waals surface area (Å²) in [6.45, 7) is 0.783. The van der Waals surface area contributed by atoms with Gasteiger partial charge in [0.15, 0.2) is 0 Å². The lowest BCUT2D eigenvalue weighted by Gasteiger charge is -2.32. The van der Waals surface area contributed by atoms with Crippen LogP contribution in [0.25, 0.3) is 0 Å². The Hall–Kier alpha value is -2.87. The summed E-state index contributed by atoms with van der Waals surface area (Å²) in [5, 5.41) is 2.93. The van der Waals surface area contributed by atoms with Crippen molar-refractivity contribution in [2.24, 2.45) is 0 Å². The van der Waals surface area contributed by atoms with Crippen LogP contribution in [-0.2, 0) is 4.74 Å². The lowest BCUT2D eigenvalue weighted by Crippen LogP contribution is -2.51. The maximum atomic E-state index is 13.4. The number of nitrogens with one attached hydrogen (secondary N) is 1. The maximum absolute atomic E-state index is 13.4. The number of hydrogen-bond acceptors (Lipinski definition) is 6. The van der Waals surface area contributed by atoms with Crippen LogP contribution in [0.1, 0.15) is 16.8 Å². The van der Waals surface area contributed by atoms with Gasteiger partial charge in [-0.15, -0.1) is 0 Å². The second kappa shape index (κ2) is 8.68. The summed E-state index contributed by atoms with van der Waals surface area (Å²) in [7, 11) is 2.92. The molecule has 1 amide bonds. The van der Waals surface area contributed by atoms with Crippen LogP contribution in [0.3, 0.4) is 0 Å². The number of pyridine rings is 1.